The third-order valence-corrected chi connectivity index (χ3v) is 3.20. The summed E-state index contributed by atoms with van der Waals surface area (Å²) in [6.45, 7) is 5.55. The summed E-state index contributed by atoms with van der Waals surface area (Å²) in [5, 5.41) is 0. The highest BCUT2D eigenvalue weighted by Gasteiger charge is 2.32. The van der Waals surface area contributed by atoms with Crippen molar-refractivity contribution in [1.82, 2.24) is 4.90 Å². The molecule has 1 aliphatic rings. The molecule has 1 saturated heterocycles. The van der Waals surface area contributed by atoms with Crippen LogP contribution in [-0.2, 0) is 9.30 Å². The SMILES string of the molecule is C=CC(N1CCOCC1)P(=O)(O)O. The Bertz CT molecular complexity index is 221. The lowest BCUT2D eigenvalue weighted by Crippen LogP contribution is -2.42. The zero-order valence-corrected chi connectivity index (χ0v) is 8.19. The molecule has 0 saturated carbocycles. The van der Waals surface area contributed by atoms with Crippen molar-refractivity contribution in [1.29, 1.82) is 0 Å². The fraction of sp³-hybridized carbons (Fsp3) is 0.714. The minimum Gasteiger partial charge on any atom is -0.379 e. The minimum atomic E-state index is -4.09. The number of hydrogen-bond donors (Lipinski definition) is 2. The van der Waals surface area contributed by atoms with E-state index >= 15 is 0 Å². The zero-order chi connectivity index (χ0) is 9.90. The maximum Gasteiger partial charge on any atom is 0.346 e. The van der Waals surface area contributed by atoms with Crippen molar-refractivity contribution in [2.75, 3.05) is 26.3 Å². The fourth-order valence-corrected chi connectivity index (χ4v) is 2.27. The number of ether oxygens (including phenoxy) is 1. The van der Waals surface area contributed by atoms with Crippen molar-refractivity contribution >= 4 is 7.60 Å². The van der Waals surface area contributed by atoms with E-state index in [0.717, 1.165) is 0 Å². The van der Waals surface area contributed by atoms with Gasteiger partial charge in [0.25, 0.3) is 0 Å². The number of nitrogens with zero attached hydrogens (tertiary/aromatic N) is 1. The summed E-state index contributed by atoms with van der Waals surface area (Å²) in [5.41, 5.74) is 0. The molecule has 1 heterocycles. The summed E-state index contributed by atoms with van der Waals surface area (Å²) < 4.78 is 16.1. The van der Waals surface area contributed by atoms with Crippen LogP contribution < -0.4 is 0 Å². The summed E-state index contributed by atoms with van der Waals surface area (Å²) in [7, 11) is -4.09. The van der Waals surface area contributed by atoms with Gasteiger partial charge in [-0.25, -0.2) is 0 Å². The molecule has 13 heavy (non-hydrogen) atoms. The predicted octanol–water partition coefficient (Wildman–Crippen LogP) is 0.00840. The van der Waals surface area contributed by atoms with Crippen LogP contribution in [0.2, 0.25) is 0 Å². The molecule has 0 radical (unpaired) electrons. The van der Waals surface area contributed by atoms with Crippen LogP contribution in [0, 0.1) is 0 Å². The second-order valence-electron chi connectivity index (χ2n) is 2.89. The molecular weight excluding hydrogens is 193 g/mol. The van der Waals surface area contributed by atoms with E-state index in [9.17, 15) is 4.57 Å². The summed E-state index contributed by atoms with van der Waals surface area (Å²) >= 11 is 0. The van der Waals surface area contributed by atoms with Crippen LogP contribution in [-0.4, -0.2) is 46.8 Å². The first-order valence-electron chi connectivity index (χ1n) is 4.05. The van der Waals surface area contributed by atoms with Crippen LogP contribution in [0.25, 0.3) is 0 Å². The molecule has 1 aliphatic heterocycles. The topological polar surface area (TPSA) is 70.0 Å². The number of morpholine rings is 1. The largest absolute Gasteiger partial charge is 0.379 e. The first kappa shape index (κ1) is 10.9. The van der Waals surface area contributed by atoms with E-state index in [-0.39, 0.29) is 0 Å². The lowest BCUT2D eigenvalue weighted by Gasteiger charge is -2.32. The molecule has 0 aromatic rings. The maximum absolute atomic E-state index is 11.0. The summed E-state index contributed by atoms with van der Waals surface area (Å²) in [5.74, 6) is -0.864. The van der Waals surface area contributed by atoms with Crippen molar-refractivity contribution in [3.05, 3.63) is 12.7 Å². The van der Waals surface area contributed by atoms with E-state index < -0.39 is 13.4 Å². The molecule has 1 rings (SSSR count). The Morgan fingerprint density at radius 3 is 2.38 bits per heavy atom. The van der Waals surface area contributed by atoms with Gasteiger partial charge in [0, 0.05) is 13.1 Å². The van der Waals surface area contributed by atoms with Crippen LogP contribution in [0.4, 0.5) is 0 Å². The molecule has 0 aromatic carbocycles. The van der Waals surface area contributed by atoms with Gasteiger partial charge >= 0.3 is 7.60 Å². The smallest absolute Gasteiger partial charge is 0.346 e. The first-order chi connectivity index (χ1) is 6.05. The molecule has 1 atom stereocenters. The molecule has 0 aromatic heterocycles. The van der Waals surface area contributed by atoms with Crippen molar-refractivity contribution in [3.63, 3.8) is 0 Å². The molecular formula is C7H14NO4P. The molecule has 0 aliphatic carbocycles. The van der Waals surface area contributed by atoms with Crippen LogP contribution >= 0.6 is 7.60 Å². The van der Waals surface area contributed by atoms with Crippen molar-refractivity contribution < 1.29 is 19.1 Å². The Hall–Kier alpha value is -0.190. The Morgan fingerprint density at radius 2 is 2.00 bits per heavy atom. The van der Waals surface area contributed by atoms with Gasteiger partial charge in [0.2, 0.25) is 0 Å². The van der Waals surface area contributed by atoms with Gasteiger partial charge in [-0.05, 0) is 0 Å². The molecule has 0 bridgehead atoms. The van der Waals surface area contributed by atoms with E-state index in [1.165, 1.54) is 6.08 Å². The standard InChI is InChI=1S/C7H14NO4P/c1-2-7(13(9,10)11)8-3-5-12-6-4-8/h2,7H,1,3-6H2,(H2,9,10,11). The Kier molecular flexibility index (Phi) is 3.64. The van der Waals surface area contributed by atoms with Gasteiger partial charge in [-0.2, -0.15) is 0 Å². The first-order valence-corrected chi connectivity index (χ1v) is 5.73. The number of rotatable bonds is 3. The molecule has 1 fully saturated rings. The van der Waals surface area contributed by atoms with E-state index in [1.54, 1.807) is 4.90 Å². The third-order valence-electron chi connectivity index (χ3n) is 1.98. The zero-order valence-electron chi connectivity index (χ0n) is 7.30. The van der Waals surface area contributed by atoms with Crippen LogP contribution in [0.5, 0.6) is 0 Å². The van der Waals surface area contributed by atoms with Gasteiger partial charge in [-0.3, -0.25) is 9.46 Å². The predicted molar refractivity (Wildman–Crippen MR) is 48.4 cm³/mol. The van der Waals surface area contributed by atoms with Gasteiger partial charge in [0.05, 0.1) is 13.2 Å². The van der Waals surface area contributed by atoms with E-state index in [4.69, 9.17) is 14.5 Å². The lowest BCUT2D eigenvalue weighted by molar-refractivity contribution is 0.0340. The van der Waals surface area contributed by atoms with Crippen molar-refractivity contribution in [3.8, 4) is 0 Å². The monoisotopic (exact) mass is 207 g/mol. The molecule has 6 heteroatoms. The molecule has 2 N–H and O–H groups in total. The molecule has 76 valence electrons. The van der Waals surface area contributed by atoms with E-state index in [0.29, 0.717) is 26.3 Å². The fourth-order valence-electron chi connectivity index (χ4n) is 1.34. The third kappa shape index (κ3) is 2.90. The van der Waals surface area contributed by atoms with Gasteiger partial charge in [0.1, 0.15) is 5.78 Å². The van der Waals surface area contributed by atoms with E-state index in [2.05, 4.69) is 6.58 Å². The highest BCUT2D eigenvalue weighted by Crippen LogP contribution is 2.43. The second kappa shape index (κ2) is 4.35. The average molecular weight is 207 g/mol. The quantitative estimate of drug-likeness (QED) is 0.504. The maximum atomic E-state index is 11.0. The minimum absolute atomic E-state index is 0.518. The lowest BCUT2D eigenvalue weighted by atomic mass is 10.4. The molecule has 5 nitrogen and oxygen atoms in total. The summed E-state index contributed by atoms with van der Waals surface area (Å²) in [6, 6.07) is 0. The Balaban J connectivity index is 2.65. The van der Waals surface area contributed by atoms with Crippen LogP contribution in [0.3, 0.4) is 0 Å². The Labute approximate surface area is 77.2 Å². The highest BCUT2D eigenvalue weighted by atomic mass is 31.2. The highest BCUT2D eigenvalue weighted by molar-refractivity contribution is 7.52. The van der Waals surface area contributed by atoms with Crippen LogP contribution in [0.1, 0.15) is 0 Å². The second-order valence-corrected chi connectivity index (χ2v) is 4.59. The normalized spacial score (nSPS) is 22.6. The average Bonchev–Trinajstić information content (AvgIpc) is 2.05. The summed E-state index contributed by atoms with van der Waals surface area (Å²) in [6.07, 6.45) is 1.30. The molecule has 0 spiro atoms. The van der Waals surface area contributed by atoms with E-state index in [1.807, 2.05) is 0 Å². The van der Waals surface area contributed by atoms with Crippen molar-refractivity contribution in [2.24, 2.45) is 0 Å². The summed E-state index contributed by atoms with van der Waals surface area (Å²) in [4.78, 5) is 19.7. The Morgan fingerprint density at radius 1 is 1.46 bits per heavy atom. The van der Waals surface area contributed by atoms with Gasteiger partial charge < -0.3 is 14.5 Å². The van der Waals surface area contributed by atoms with Crippen molar-refractivity contribution in [2.45, 2.75) is 5.78 Å². The van der Waals surface area contributed by atoms with Gasteiger partial charge in [0.15, 0.2) is 0 Å². The van der Waals surface area contributed by atoms with Crippen LogP contribution in [0.15, 0.2) is 12.7 Å². The van der Waals surface area contributed by atoms with Gasteiger partial charge in [-0.15, -0.1) is 6.58 Å². The molecule has 1 unspecified atom stereocenters. The molecule has 0 amide bonds. The number of hydrogen-bond acceptors (Lipinski definition) is 3. The van der Waals surface area contributed by atoms with Gasteiger partial charge in [-0.1, -0.05) is 6.08 Å².